The zero-order valence-corrected chi connectivity index (χ0v) is 21.5. The van der Waals surface area contributed by atoms with Crippen molar-refractivity contribution >= 4 is 0 Å². The predicted octanol–water partition coefficient (Wildman–Crippen LogP) is 9.67. The van der Waals surface area contributed by atoms with Gasteiger partial charge in [-0.1, -0.05) is 77.6 Å². The van der Waals surface area contributed by atoms with Gasteiger partial charge in [0.15, 0.2) is 0 Å². The van der Waals surface area contributed by atoms with Gasteiger partial charge in [-0.15, -0.1) is 0 Å². The van der Waals surface area contributed by atoms with Gasteiger partial charge < -0.3 is 0 Å². The third-order valence-electron chi connectivity index (χ3n) is 12.9. The molecular formula is C32H54. The molecule has 6 saturated carbocycles. The van der Waals surface area contributed by atoms with Gasteiger partial charge in [0, 0.05) is 0 Å². The van der Waals surface area contributed by atoms with Crippen molar-refractivity contribution in [2.24, 2.45) is 65.1 Å². The Morgan fingerprint density at radius 3 is 1.41 bits per heavy atom. The zero-order valence-electron chi connectivity index (χ0n) is 21.5. The fourth-order valence-corrected chi connectivity index (χ4v) is 11.6. The SMILES string of the molecule is CCC1CCC(C2C3CCCCC3C(C3CCC4CCCCC4C3)C3CCCCC32)CC1. The average molecular weight is 439 g/mol. The predicted molar refractivity (Wildman–Crippen MR) is 136 cm³/mol. The van der Waals surface area contributed by atoms with Crippen molar-refractivity contribution in [3.8, 4) is 0 Å². The summed E-state index contributed by atoms with van der Waals surface area (Å²) in [6.45, 7) is 2.45. The Labute approximate surface area is 200 Å². The molecule has 6 rings (SSSR count). The average Bonchev–Trinajstić information content (AvgIpc) is 2.87. The van der Waals surface area contributed by atoms with Crippen molar-refractivity contribution in [1.82, 2.24) is 0 Å². The Kier molecular flexibility index (Phi) is 6.97. The molecule has 182 valence electrons. The van der Waals surface area contributed by atoms with Crippen LogP contribution in [-0.4, -0.2) is 0 Å². The lowest BCUT2D eigenvalue weighted by molar-refractivity contribution is -0.118. The highest BCUT2D eigenvalue weighted by Crippen LogP contribution is 2.63. The monoisotopic (exact) mass is 438 g/mol. The standard InChI is InChI=1S/C32H54/c1-2-22-15-17-24(18-16-22)31-27-11-5-7-13-29(27)32(30-14-8-6-12-28(30)31)26-20-19-23-9-3-4-10-25(23)21-26/h22-32H,2-21H2,1H3. The van der Waals surface area contributed by atoms with E-state index in [4.69, 9.17) is 0 Å². The zero-order chi connectivity index (χ0) is 21.5. The van der Waals surface area contributed by atoms with Crippen molar-refractivity contribution in [2.75, 3.05) is 0 Å². The summed E-state index contributed by atoms with van der Waals surface area (Å²) in [6, 6.07) is 0. The van der Waals surface area contributed by atoms with Crippen LogP contribution in [0.4, 0.5) is 0 Å². The second-order valence-corrected chi connectivity index (χ2v) is 13.9. The molecule has 7 unspecified atom stereocenters. The summed E-state index contributed by atoms with van der Waals surface area (Å²) in [5.41, 5.74) is 0. The fourth-order valence-electron chi connectivity index (χ4n) is 11.6. The van der Waals surface area contributed by atoms with Crippen LogP contribution in [0, 0.1) is 65.1 Å². The molecule has 0 heteroatoms. The minimum absolute atomic E-state index is 1.07. The number of rotatable bonds is 3. The van der Waals surface area contributed by atoms with Crippen LogP contribution in [0.5, 0.6) is 0 Å². The molecule has 0 saturated heterocycles. The van der Waals surface area contributed by atoms with E-state index in [0.717, 1.165) is 65.1 Å². The molecule has 32 heavy (non-hydrogen) atoms. The smallest absolute Gasteiger partial charge is 0.0323 e. The Bertz CT molecular complexity index is 575. The molecule has 6 aliphatic rings. The topological polar surface area (TPSA) is 0 Å². The van der Waals surface area contributed by atoms with E-state index in [9.17, 15) is 0 Å². The van der Waals surface area contributed by atoms with Crippen molar-refractivity contribution in [2.45, 2.75) is 135 Å². The van der Waals surface area contributed by atoms with Crippen LogP contribution in [0.25, 0.3) is 0 Å². The van der Waals surface area contributed by atoms with Gasteiger partial charge in [-0.05, 0) is 123 Å². The van der Waals surface area contributed by atoms with Gasteiger partial charge in [0.1, 0.15) is 0 Å². The highest BCUT2D eigenvalue weighted by molar-refractivity contribution is 5.04. The first kappa shape index (κ1) is 22.5. The van der Waals surface area contributed by atoms with E-state index in [1.54, 1.807) is 122 Å². The van der Waals surface area contributed by atoms with E-state index < -0.39 is 0 Å². The number of hydrogen-bond acceptors (Lipinski definition) is 0. The van der Waals surface area contributed by atoms with E-state index in [1.807, 2.05) is 0 Å². The van der Waals surface area contributed by atoms with E-state index in [1.165, 1.54) is 6.42 Å². The first-order valence-electron chi connectivity index (χ1n) is 15.8. The molecular weight excluding hydrogens is 384 g/mol. The third-order valence-corrected chi connectivity index (χ3v) is 12.9. The molecule has 0 aromatic carbocycles. The van der Waals surface area contributed by atoms with Gasteiger partial charge in [0.2, 0.25) is 0 Å². The van der Waals surface area contributed by atoms with Crippen LogP contribution < -0.4 is 0 Å². The van der Waals surface area contributed by atoms with Gasteiger partial charge >= 0.3 is 0 Å². The van der Waals surface area contributed by atoms with Crippen molar-refractivity contribution < 1.29 is 0 Å². The number of fused-ring (bicyclic) bond motifs is 3. The summed E-state index contributed by atoms with van der Waals surface area (Å²) >= 11 is 0. The lowest BCUT2D eigenvalue weighted by Gasteiger charge is -2.61. The quantitative estimate of drug-likeness (QED) is 0.411. The molecule has 0 spiro atoms. The van der Waals surface area contributed by atoms with Crippen LogP contribution in [0.15, 0.2) is 0 Å². The van der Waals surface area contributed by atoms with Gasteiger partial charge in [-0.3, -0.25) is 0 Å². The van der Waals surface area contributed by atoms with Gasteiger partial charge in [-0.25, -0.2) is 0 Å². The molecule has 0 N–H and O–H groups in total. The third kappa shape index (κ3) is 4.15. The Morgan fingerprint density at radius 2 is 0.844 bits per heavy atom. The largest absolute Gasteiger partial charge is 0.0651 e. The van der Waals surface area contributed by atoms with Crippen LogP contribution in [0.3, 0.4) is 0 Å². The Balaban J connectivity index is 1.26. The Hall–Kier alpha value is 0. The summed E-state index contributed by atoms with van der Waals surface area (Å²) in [4.78, 5) is 0. The van der Waals surface area contributed by atoms with Crippen molar-refractivity contribution in [3.05, 3.63) is 0 Å². The normalized spacial score (nSPS) is 51.8. The summed E-state index contributed by atoms with van der Waals surface area (Å²) in [5.74, 6) is 12.4. The van der Waals surface area contributed by atoms with E-state index in [0.29, 0.717) is 0 Å². The van der Waals surface area contributed by atoms with Gasteiger partial charge in [0.25, 0.3) is 0 Å². The van der Waals surface area contributed by atoms with Crippen molar-refractivity contribution in [1.29, 1.82) is 0 Å². The molecule has 0 aliphatic heterocycles. The maximum atomic E-state index is 2.45. The molecule has 0 radical (unpaired) electrons. The second kappa shape index (κ2) is 9.93. The molecule has 6 aliphatic carbocycles. The minimum atomic E-state index is 1.07. The highest BCUT2D eigenvalue weighted by Gasteiger charge is 2.55. The summed E-state index contributed by atoms with van der Waals surface area (Å²) in [7, 11) is 0. The highest BCUT2D eigenvalue weighted by atomic mass is 14.6. The molecule has 0 nitrogen and oxygen atoms in total. The lowest BCUT2D eigenvalue weighted by Crippen LogP contribution is -2.54. The Morgan fingerprint density at radius 1 is 0.406 bits per heavy atom. The number of hydrogen-bond donors (Lipinski definition) is 0. The van der Waals surface area contributed by atoms with Gasteiger partial charge in [0.05, 0.1) is 0 Å². The van der Waals surface area contributed by atoms with Gasteiger partial charge in [-0.2, -0.15) is 0 Å². The first-order chi connectivity index (χ1) is 15.8. The van der Waals surface area contributed by atoms with Crippen LogP contribution in [-0.2, 0) is 0 Å². The summed E-state index contributed by atoms with van der Waals surface area (Å²) < 4.78 is 0. The molecule has 7 atom stereocenters. The van der Waals surface area contributed by atoms with E-state index >= 15 is 0 Å². The maximum absolute atomic E-state index is 2.45. The molecule has 6 fully saturated rings. The second-order valence-electron chi connectivity index (χ2n) is 13.9. The van der Waals surface area contributed by atoms with E-state index in [2.05, 4.69) is 6.92 Å². The van der Waals surface area contributed by atoms with Crippen LogP contribution in [0.1, 0.15) is 135 Å². The summed E-state index contributed by atoms with van der Waals surface area (Å²) in [5, 5.41) is 0. The molecule has 0 aromatic rings. The van der Waals surface area contributed by atoms with Crippen LogP contribution in [0.2, 0.25) is 0 Å². The van der Waals surface area contributed by atoms with Crippen molar-refractivity contribution in [3.63, 3.8) is 0 Å². The lowest BCUT2D eigenvalue weighted by atomic mass is 9.44. The molecule has 0 bridgehead atoms. The van der Waals surface area contributed by atoms with E-state index in [-0.39, 0.29) is 0 Å². The maximum Gasteiger partial charge on any atom is -0.0323 e. The fraction of sp³-hybridized carbons (Fsp3) is 1.00. The minimum Gasteiger partial charge on any atom is -0.0651 e. The summed E-state index contributed by atoms with van der Waals surface area (Å²) in [6.07, 6.45) is 31.8. The molecule has 0 heterocycles. The molecule has 0 aromatic heterocycles. The first-order valence-corrected chi connectivity index (χ1v) is 15.8. The van der Waals surface area contributed by atoms with Crippen LogP contribution >= 0.6 is 0 Å². The molecule has 0 amide bonds.